The maximum Gasteiger partial charge on any atom is 0.291 e. The first-order valence-corrected chi connectivity index (χ1v) is 8.61. The molecule has 0 saturated carbocycles. The van der Waals surface area contributed by atoms with Gasteiger partial charge in [0.1, 0.15) is 0 Å². The number of nitrogens with one attached hydrogen (secondary N) is 3. The summed E-state index contributed by atoms with van der Waals surface area (Å²) in [6.45, 7) is 7.63. The number of furan rings is 1. The highest BCUT2D eigenvalue weighted by Crippen LogP contribution is 2.13. The molecule has 1 heterocycles. The summed E-state index contributed by atoms with van der Waals surface area (Å²) in [6, 6.07) is 11.3. The fraction of sp³-hybridized carbons (Fsp3) is 0.368. The lowest BCUT2D eigenvalue weighted by Crippen LogP contribution is -2.41. The summed E-state index contributed by atoms with van der Waals surface area (Å²) in [5.41, 5.74) is 1.73. The van der Waals surface area contributed by atoms with Crippen LogP contribution in [-0.4, -0.2) is 24.5 Å². The lowest BCUT2D eigenvalue weighted by molar-refractivity contribution is 0.0996. The molecule has 1 aromatic heterocycles. The molecule has 0 radical (unpaired) electrons. The van der Waals surface area contributed by atoms with Crippen molar-refractivity contribution in [3.63, 3.8) is 0 Å². The number of amides is 1. The van der Waals surface area contributed by atoms with Crippen LogP contribution in [0.1, 0.15) is 43.3 Å². The third kappa shape index (κ3) is 5.99. The number of rotatable bonds is 7. The number of carbonyl (C=O) groups is 1. The second-order valence-electron chi connectivity index (χ2n) is 5.78. The summed E-state index contributed by atoms with van der Waals surface area (Å²) < 4.78 is 5.10. The highest BCUT2D eigenvalue weighted by molar-refractivity contribution is 6.02. The van der Waals surface area contributed by atoms with Crippen molar-refractivity contribution in [2.45, 2.75) is 39.8 Å². The Bertz CT molecular complexity index is 695. The van der Waals surface area contributed by atoms with Gasteiger partial charge in [0.05, 0.1) is 12.8 Å². The minimum atomic E-state index is -0.266. The summed E-state index contributed by atoms with van der Waals surface area (Å²) in [7, 11) is 0. The van der Waals surface area contributed by atoms with Crippen LogP contribution in [-0.2, 0) is 6.54 Å². The average Bonchev–Trinajstić information content (AvgIpc) is 3.15. The molecule has 0 saturated heterocycles. The fourth-order valence-electron chi connectivity index (χ4n) is 2.17. The van der Waals surface area contributed by atoms with Crippen molar-refractivity contribution in [3.05, 3.63) is 54.0 Å². The van der Waals surface area contributed by atoms with E-state index in [-0.39, 0.29) is 11.7 Å². The number of guanidine groups is 1. The van der Waals surface area contributed by atoms with Crippen molar-refractivity contribution in [2.24, 2.45) is 4.99 Å². The van der Waals surface area contributed by atoms with Gasteiger partial charge in [0.2, 0.25) is 0 Å². The van der Waals surface area contributed by atoms with Crippen molar-refractivity contribution in [1.29, 1.82) is 0 Å². The van der Waals surface area contributed by atoms with E-state index in [4.69, 9.17) is 4.42 Å². The Hall–Kier alpha value is -2.76. The van der Waals surface area contributed by atoms with Crippen LogP contribution in [0.2, 0.25) is 0 Å². The van der Waals surface area contributed by atoms with Crippen molar-refractivity contribution >= 4 is 17.6 Å². The van der Waals surface area contributed by atoms with Crippen molar-refractivity contribution in [1.82, 2.24) is 10.6 Å². The zero-order chi connectivity index (χ0) is 18.1. The molecule has 134 valence electrons. The Morgan fingerprint density at radius 1 is 1.24 bits per heavy atom. The van der Waals surface area contributed by atoms with E-state index in [9.17, 15) is 4.79 Å². The van der Waals surface area contributed by atoms with E-state index >= 15 is 0 Å². The molecule has 2 rings (SSSR count). The lowest BCUT2D eigenvalue weighted by atomic mass is 10.2. The molecule has 0 aliphatic carbocycles. The highest BCUT2D eigenvalue weighted by Gasteiger charge is 2.09. The molecule has 0 fully saturated rings. The number of hydrogen-bond donors (Lipinski definition) is 3. The topological polar surface area (TPSA) is 78.7 Å². The monoisotopic (exact) mass is 342 g/mol. The molecular formula is C19H26N4O2. The summed E-state index contributed by atoms with van der Waals surface area (Å²) in [5, 5.41) is 9.43. The summed E-state index contributed by atoms with van der Waals surface area (Å²) in [6.07, 6.45) is 2.51. The van der Waals surface area contributed by atoms with Crippen LogP contribution in [0, 0.1) is 0 Å². The first-order valence-electron chi connectivity index (χ1n) is 8.61. The SMILES string of the molecule is CCNC(=NCc1cccc(NC(=O)c2ccco2)c1)NC(C)CC. The quantitative estimate of drug-likeness (QED) is 0.532. The van der Waals surface area contributed by atoms with Crippen LogP contribution >= 0.6 is 0 Å². The minimum absolute atomic E-state index is 0.266. The van der Waals surface area contributed by atoms with Crippen molar-refractivity contribution in [3.8, 4) is 0 Å². The van der Waals surface area contributed by atoms with Gasteiger partial charge >= 0.3 is 0 Å². The van der Waals surface area contributed by atoms with Gasteiger partial charge in [0.25, 0.3) is 5.91 Å². The Morgan fingerprint density at radius 2 is 2.08 bits per heavy atom. The number of aliphatic imine (C=N–C) groups is 1. The van der Waals surface area contributed by atoms with Crippen molar-refractivity contribution < 1.29 is 9.21 Å². The van der Waals surface area contributed by atoms with Gasteiger partial charge in [-0.2, -0.15) is 0 Å². The third-order valence-electron chi connectivity index (χ3n) is 3.69. The van der Waals surface area contributed by atoms with Gasteiger partial charge in [-0.15, -0.1) is 0 Å². The van der Waals surface area contributed by atoms with E-state index in [2.05, 4.69) is 34.8 Å². The van der Waals surface area contributed by atoms with Gasteiger partial charge in [-0.25, -0.2) is 4.99 Å². The molecule has 0 aliphatic heterocycles. The molecule has 6 nitrogen and oxygen atoms in total. The molecular weight excluding hydrogens is 316 g/mol. The number of nitrogens with zero attached hydrogens (tertiary/aromatic N) is 1. The van der Waals surface area contributed by atoms with Crippen molar-refractivity contribution in [2.75, 3.05) is 11.9 Å². The van der Waals surface area contributed by atoms with Gasteiger partial charge < -0.3 is 20.4 Å². The Labute approximate surface area is 148 Å². The second kappa shape index (κ2) is 9.52. The van der Waals surface area contributed by atoms with Crippen LogP contribution in [0.3, 0.4) is 0 Å². The van der Waals surface area contributed by atoms with Crippen LogP contribution in [0.25, 0.3) is 0 Å². The van der Waals surface area contributed by atoms with Gasteiger partial charge in [-0.3, -0.25) is 4.79 Å². The van der Waals surface area contributed by atoms with E-state index in [1.807, 2.05) is 31.2 Å². The zero-order valence-electron chi connectivity index (χ0n) is 15.0. The molecule has 3 N–H and O–H groups in total. The maximum absolute atomic E-state index is 12.0. The molecule has 1 aromatic carbocycles. The highest BCUT2D eigenvalue weighted by atomic mass is 16.3. The first kappa shape index (κ1) is 18.6. The molecule has 1 atom stereocenters. The Morgan fingerprint density at radius 3 is 2.76 bits per heavy atom. The number of benzene rings is 1. The van der Waals surface area contributed by atoms with Crippen LogP contribution < -0.4 is 16.0 Å². The maximum atomic E-state index is 12.0. The molecule has 25 heavy (non-hydrogen) atoms. The van der Waals surface area contributed by atoms with Crippen LogP contribution in [0.4, 0.5) is 5.69 Å². The largest absolute Gasteiger partial charge is 0.459 e. The molecule has 2 aromatic rings. The standard InChI is InChI=1S/C19H26N4O2/c1-4-14(3)22-19(20-5-2)21-13-15-8-6-9-16(12-15)23-18(24)17-10-7-11-25-17/h6-12,14H,4-5,13H2,1-3H3,(H,23,24)(H2,20,21,22). The minimum Gasteiger partial charge on any atom is -0.459 e. The smallest absolute Gasteiger partial charge is 0.291 e. The van der Waals surface area contributed by atoms with Gasteiger partial charge in [-0.1, -0.05) is 19.1 Å². The lowest BCUT2D eigenvalue weighted by Gasteiger charge is -2.16. The molecule has 1 unspecified atom stereocenters. The summed E-state index contributed by atoms with van der Waals surface area (Å²) in [5.74, 6) is 0.815. The number of carbonyl (C=O) groups excluding carboxylic acids is 1. The van der Waals surface area contributed by atoms with Crippen LogP contribution in [0.15, 0.2) is 52.1 Å². The van der Waals surface area contributed by atoms with Gasteiger partial charge in [-0.05, 0) is 50.1 Å². The fourth-order valence-corrected chi connectivity index (χ4v) is 2.17. The number of hydrogen-bond acceptors (Lipinski definition) is 3. The normalized spacial score (nSPS) is 12.5. The third-order valence-corrected chi connectivity index (χ3v) is 3.69. The van der Waals surface area contributed by atoms with E-state index in [1.54, 1.807) is 12.1 Å². The average molecular weight is 342 g/mol. The first-order chi connectivity index (χ1) is 12.1. The van der Waals surface area contributed by atoms with Crippen LogP contribution in [0.5, 0.6) is 0 Å². The number of anilines is 1. The predicted molar refractivity (Wildman–Crippen MR) is 101 cm³/mol. The summed E-state index contributed by atoms with van der Waals surface area (Å²) in [4.78, 5) is 16.6. The molecule has 0 bridgehead atoms. The second-order valence-corrected chi connectivity index (χ2v) is 5.78. The molecule has 0 spiro atoms. The van der Waals surface area contributed by atoms with Gasteiger partial charge in [0.15, 0.2) is 11.7 Å². The molecule has 1 amide bonds. The zero-order valence-corrected chi connectivity index (χ0v) is 15.0. The Balaban J connectivity index is 2.02. The molecule has 0 aliphatic rings. The van der Waals surface area contributed by atoms with E-state index in [1.165, 1.54) is 6.26 Å². The van der Waals surface area contributed by atoms with E-state index in [0.29, 0.717) is 18.3 Å². The van der Waals surface area contributed by atoms with Gasteiger partial charge in [0, 0.05) is 18.3 Å². The van der Waals surface area contributed by atoms with E-state index in [0.717, 1.165) is 24.5 Å². The van der Waals surface area contributed by atoms with E-state index < -0.39 is 0 Å². The summed E-state index contributed by atoms with van der Waals surface area (Å²) >= 11 is 0. The molecule has 6 heteroatoms. The Kier molecular flexibility index (Phi) is 7.07. The predicted octanol–water partition coefficient (Wildman–Crippen LogP) is 3.39.